The number of likely N-dealkylation sites (tertiary alicyclic amines) is 1. The van der Waals surface area contributed by atoms with Gasteiger partial charge < -0.3 is 15.1 Å². The molecule has 1 saturated heterocycles. The molecule has 0 bridgehead atoms. The topological polar surface area (TPSA) is 52.7 Å². The van der Waals surface area contributed by atoms with Gasteiger partial charge in [-0.15, -0.1) is 11.8 Å². The van der Waals surface area contributed by atoms with E-state index < -0.39 is 0 Å². The molecule has 5 nitrogen and oxygen atoms in total. The lowest BCUT2D eigenvalue weighted by molar-refractivity contribution is 0.0924. The Hall–Kier alpha value is -1.69. The minimum Gasteiger partial charge on any atom is -0.347 e. The zero-order chi connectivity index (χ0) is 17.3. The molecule has 1 aromatic rings. The van der Waals surface area contributed by atoms with Crippen LogP contribution in [-0.2, 0) is 0 Å². The second-order valence-corrected chi connectivity index (χ2v) is 7.71. The summed E-state index contributed by atoms with van der Waals surface area (Å²) in [6.07, 6.45) is 4.40. The van der Waals surface area contributed by atoms with Gasteiger partial charge in [-0.3, -0.25) is 4.79 Å². The van der Waals surface area contributed by atoms with Crippen LogP contribution in [0.2, 0.25) is 0 Å². The van der Waals surface area contributed by atoms with Gasteiger partial charge in [-0.1, -0.05) is 12.1 Å². The van der Waals surface area contributed by atoms with Crippen LogP contribution < -0.4 is 5.32 Å². The Morgan fingerprint density at radius 3 is 2.54 bits per heavy atom. The van der Waals surface area contributed by atoms with Crippen molar-refractivity contribution in [3.05, 3.63) is 29.8 Å². The van der Waals surface area contributed by atoms with Gasteiger partial charge in [0.05, 0.1) is 11.6 Å². The Kier molecular flexibility index (Phi) is 5.04. The zero-order valence-corrected chi connectivity index (χ0v) is 15.3. The average molecular weight is 347 g/mol. The maximum absolute atomic E-state index is 12.7. The summed E-state index contributed by atoms with van der Waals surface area (Å²) in [6, 6.07) is 7.75. The van der Waals surface area contributed by atoms with Crippen molar-refractivity contribution in [1.82, 2.24) is 15.1 Å². The molecule has 2 fully saturated rings. The first-order valence-corrected chi connectivity index (χ1v) is 9.64. The van der Waals surface area contributed by atoms with Crippen LogP contribution in [-0.4, -0.2) is 61.2 Å². The Morgan fingerprint density at radius 2 is 1.92 bits per heavy atom. The summed E-state index contributed by atoms with van der Waals surface area (Å²) in [6.45, 7) is 1.35. The molecule has 1 saturated carbocycles. The normalized spacial score (nSPS) is 23.2. The number of carbonyl (C=O) groups is 2. The molecule has 24 heavy (non-hydrogen) atoms. The molecular weight excluding hydrogens is 322 g/mol. The molecule has 130 valence electrons. The molecule has 1 aromatic carbocycles. The molecule has 1 aliphatic carbocycles. The standard InChI is InChI=1S/C18H25N3O2S/c1-20(2)18(23)21-10-14(12-8-9-12)15(11-21)19-17(22)13-6-4-5-7-16(13)24-3/h4-7,12,14-15H,8-11H2,1-3H3,(H,19,22). The predicted molar refractivity (Wildman–Crippen MR) is 96.3 cm³/mol. The molecule has 1 aliphatic heterocycles. The van der Waals surface area contributed by atoms with Gasteiger partial charge in [0.1, 0.15) is 0 Å². The predicted octanol–water partition coefficient (Wildman–Crippen LogP) is 2.53. The van der Waals surface area contributed by atoms with Crippen LogP contribution >= 0.6 is 11.8 Å². The summed E-state index contributed by atoms with van der Waals surface area (Å²) in [5, 5.41) is 3.20. The van der Waals surface area contributed by atoms with E-state index in [4.69, 9.17) is 0 Å². The van der Waals surface area contributed by atoms with E-state index in [0.29, 0.717) is 18.4 Å². The molecule has 3 rings (SSSR count). The van der Waals surface area contributed by atoms with E-state index >= 15 is 0 Å². The lowest BCUT2D eigenvalue weighted by atomic mass is 9.98. The molecule has 2 unspecified atom stereocenters. The van der Waals surface area contributed by atoms with Crippen LogP contribution in [0, 0.1) is 11.8 Å². The van der Waals surface area contributed by atoms with Crippen molar-refractivity contribution in [2.45, 2.75) is 23.8 Å². The monoisotopic (exact) mass is 347 g/mol. The number of nitrogens with one attached hydrogen (secondary N) is 1. The van der Waals surface area contributed by atoms with Gasteiger partial charge >= 0.3 is 6.03 Å². The maximum Gasteiger partial charge on any atom is 0.319 e. The fourth-order valence-corrected chi connectivity index (χ4v) is 4.10. The molecule has 0 spiro atoms. The van der Waals surface area contributed by atoms with Crippen molar-refractivity contribution in [3.63, 3.8) is 0 Å². The van der Waals surface area contributed by atoms with E-state index in [1.807, 2.05) is 35.4 Å². The first-order chi connectivity index (χ1) is 11.5. The number of urea groups is 1. The van der Waals surface area contributed by atoms with Gasteiger partial charge in [0, 0.05) is 38.0 Å². The average Bonchev–Trinajstić information content (AvgIpc) is 3.34. The molecule has 2 atom stereocenters. The molecule has 0 radical (unpaired) electrons. The second kappa shape index (κ2) is 7.05. The smallest absolute Gasteiger partial charge is 0.319 e. The lowest BCUT2D eigenvalue weighted by Gasteiger charge is -2.21. The highest BCUT2D eigenvalue weighted by Gasteiger charge is 2.44. The fourth-order valence-electron chi connectivity index (χ4n) is 3.50. The van der Waals surface area contributed by atoms with Crippen molar-refractivity contribution >= 4 is 23.7 Å². The van der Waals surface area contributed by atoms with E-state index in [9.17, 15) is 9.59 Å². The number of rotatable bonds is 4. The second-order valence-electron chi connectivity index (χ2n) is 6.86. The van der Waals surface area contributed by atoms with Gasteiger partial charge in [-0.25, -0.2) is 4.79 Å². The van der Waals surface area contributed by atoms with Crippen molar-refractivity contribution < 1.29 is 9.59 Å². The number of nitrogens with zero attached hydrogens (tertiary/aromatic N) is 2. The third kappa shape index (κ3) is 3.53. The summed E-state index contributed by atoms with van der Waals surface area (Å²) in [4.78, 5) is 29.5. The first-order valence-electron chi connectivity index (χ1n) is 8.41. The summed E-state index contributed by atoms with van der Waals surface area (Å²) in [5.74, 6) is 0.986. The van der Waals surface area contributed by atoms with Crippen molar-refractivity contribution in [2.24, 2.45) is 11.8 Å². The lowest BCUT2D eigenvalue weighted by Crippen LogP contribution is -2.43. The zero-order valence-electron chi connectivity index (χ0n) is 14.5. The molecular formula is C18H25N3O2S. The van der Waals surface area contributed by atoms with Crippen LogP contribution in [0.4, 0.5) is 4.79 Å². The SMILES string of the molecule is CSc1ccccc1C(=O)NC1CN(C(=O)N(C)C)CC1C1CC1. The summed E-state index contributed by atoms with van der Waals surface area (Å²) < 4.78 is 0. The molecule has 0 aromatic heterocycles. The van der Waals surface area contributed by atoms with Gasteiger partial charge in [0.25, 0.3) is 5.91 Å². The van der Waals surface area contributed by atoms with Gasteiger partial charge in [0.15, 0.2) is 0 Å². The van der Waals surface area contributed by atoms with E-state index in [0.717, 1.165) is 17.0 Å². The van der Waals surface area contributed by atoms with Crippen LogP contribution in [0.5, 0.6) is 0 Å². The van der Waals surface area contributed by atoms with Crippen LogP contribution in [0.25, 0.3) is 0 Å². The molecule has 2 aliphatic rings. The third-order valence-corrected chi connectivity index (χ3v) is 5.71. The fraction of sp³-hybridized carbons (Fsp3) is 0.556. The van der Waals surface area contributed by atoms with Crippen molar-refractivity contribution in [1.29, 1.82) is 0 Å². The van der Waals surface area contributed by atoms with E-state index in [1.54, 1.807) is 30.8 Å². The molecule has 1 N–H and O–H groups in total. The number of benzene rings is 1. The molecule has 6 heteroatoms. The van der Waals surface area contributed by atoms with Crippen molar-refractivity contribution in [2.75, 3.05) is 33.4 Å². The number of thioether (sulfide) groups is 1. The summed E-state index contributed by atoms with van der Waals surface area (Å²) >= 11 is 1.58. The Bertz CT molecular complexity index is 630. The van der Waals surface area contributed by atoms with Crippen LogP contribution in [0.15, 0.2) is 29.2 Å². The van der Waals surface area contributed by atoms with Gasteiger partial charge in [-0.05, 0) is 37.1 Å². The minimum absolute atomic E-state index is 0.0295. The third-order valence-electron chi connectivity index (χ3n) is 4.91. The summed E-state index contributed by atoms with van der Waals surface area (Å²) in [5.41, 5.74) is 0.719. The number of amides is 3. The largest absolute Gasteiger partial charge is 0.347 e. The Morgan fingerprint density at radius 1 is 1.21 bits per heavy atom. The van der Waals surface area contributed by atoms with Gasteiger partial charge in [0.2, 0.25) is 0 Å². The maximum atomic E-state index is 12.7. The highest BCUT2D eigenvalue weighted by molar-refractivity contribution is 7.98. The molecule has 1 heterocycles. The molecule has 3 amide bonds. The first kappa shape index (κ1) is 17.1. The number of hydrogen-bond donors (Lipinski definition) is 1. The van der Waals surface area contributed by atoms with E-state index in [2.05, 4.69) is 5.32 Å². The van der Waals surface area contributed by atoms with Gasteiger partial charge in [-0.2, -0.15) is 0 Å². The highest BCUT2D eigenvalue weighted by atomic mass is 32.2. The highest BCUT2D eigenvalue weighted by Crippen LogP contribution is 2.41. The Balaban J connectivity index is 1.72. The van der Waals surface area contributed by atoms with Crippen molar-refractivity contribution in [3.8, 4) is 0 Å². The number of hydrogen-bond acceptors (Lipinski definition) is 3. The summed E-state index contributed by atoms with van der Waals surface area (Å²) in [7, 11) is 3.55. The van der Waals surface area contributed by atoms with Crippen LogP contribution in [0.1, 0.15) is 23.2 Å². The minimum atomic E-state index is -0.0326. The van der Waals surface area contributed by atoms with E-state index in [-0.39, 0.29) is 18.0 Å². The quantitative estimate of drug-likeness (QED) is 0.852. The Labute approximate surface area is 147 Å². The van der Waals surface area contributed by atoms with E-state index in [1.165, 1.54) is 12.8 Å². The van der Waals surface area contributed by atoms with Crippen LogP contribution in [0.3, 0.4) is 0 Å². The number of carbonyl (C=O) groups excluding carboxylic acids is 2.